The van der Waals surface area contributed by atoms with E-state index in [0.717, 1.165) is 116 Å². The SMILES string of the molecule is CC/C=C\C/C=C\C/C=C\C/C=C\C/C=C\C/C=C\C/C=C\C/C=C\C/C=C\C/C=C\CCCCCCCCCCC(=O)NC(COC1OC(CO)C(O)C(O)C1O)C(O)/C=C/CCCCCCCCC. The van der Waals surface area contributed by atoms with E-state index >= 15 is 0 Å². The highest BCUT2D eigenvalue weighted by atomic mass is 16.7. The van der Waals surface area contributed by atoms with Gasteiger partial charge in [0.25, 0.3) is 0 Å². The molecule has 9 heteroatoms. The highest BCUT2D eigenvalue weighted by Crippen LogP contribution is 2.22. The van der Waals surface area contributed by atoms with Gasteiger partial charge < -0.3 is 40.3 Å². The highest BCUT2D eigenvalue weighted by Gasteiger charge is 2.44. The van der Waals surface area contributed by atoms with Crippen molar-refractivity contribution in [2.24, 2.45) is 0 Å². The van der Waals surface area contributed by atoms with Crippen LogP contribution in [0, 0.1) is 0 Å². The Morgan fingerprint density at radius 2 is 0.873 bits per heavy atom. The zero-order valence-corrected chi connectivity index (χ0v) is 44.4. The normalized spacial score (nSPS) is 20.4. The zero-order valence-electron chi connectivity index (χ0n) is 44.4. The van der Waals surface area contributed by atoms with Gasteiger partial charge in [-0.25, -0.2) is 0 Å². The third kappa shape index (κ3) is 39.5. The molecule has 9 nitrogen and oxygen atoms in total. The van der Waals surface area contributed by atoms with Gasteiger partial charge in [0.15, 0.2) is 6.29 Å². The van der Waals surface area contributed by atoms with Gasteiger partial charge in [-0.3, -0.25) is 4.79 Å². The number of carbonyl (C=O) groups is 1. The second kappa shape index (κ2) is 49.9. The summed E-state index contributed by atoms with van der Waals surface area (Å²) in [6.45, 7) is 3.60. The lowest BCUT2D eigenvalue weighted by atomic mass is 9.99. The third-order valence-electron chi connectivity index (χ3n) is 12.2. The second-order valence-corrected chi connectivity index (χ2v) is 18.6. The lowest BCUT2D eigenvalue weighted by Crippen LogP contribution is -2.60. The number of carbonyl (C=O) groups excluding carboxylic acids is 1. The first-order chi connectivity index (χ1) is 34.8. The number of nitrogens with one attached hydrogen (secondary N) is 1. The van der Waals surface area contributed by atoms with Crippen molar-refractivity contribution in [1.82, 2.24) is 5.32 Å². The van der Waals surface area contributed by atoms with Crippen molar-refractivity contribution in [3.63, 3.8) is 0 Å². The minimum absolute atomic E-state index is 0.195. The van der Waals surface area contributed by atoms with Crippen molar-refractivity contribution in [3.8, 4) is 0 Å². The number of unbranched alkanes of at least 4 members (excludes halogenated alkanes) is 15. The maximum atomic E-state index is 13.0. The van der Waals surface area contributed by atoms with E-state index in [1.54, 1.807) is 6.08 Å². The van der Waals surface area contributed by atoms with Crippen molar-refractivity contribution in [1.29, 1.82) is 0 Å². The van der Waals surface area contributed by atoms with E-state index in [0.29, 0.717) is 6.42 Å². The Balaban J connectivity index is 2.13. The van der Waals surface area contributed by atoms with Crippen LogP contribution in [0.5, 0.6) is 0 Å². The second-order valence-electron chi connectivity index (χ2n) is 18.6. The Hall–Kier alpha value is -3.67. The molecule has 7 unspecified atom stereocenters. The Morgan fingerprint density at radius 3 is 1.30 bits per heavy atom. The van der Waals surface area contributed by atoms with Crippen LogP contribution in [0.1, 0.15) is 194 Å². The zero-order chi connectivity index (χ0) is 51.5. The number of aliphatic hydroxyl groups excluding tert-OH is 5. The van der Waals surface area contributed by atoms with E-state index in [2.05, 4.69) is 141 Å². The van der Waals surface area contributed by atoms with Gasteiger partial charge in [0.2, 0.25) is 5.91 Å². The van der Waals surface area contributed by atoms with Crippen LogP contribution in [-0.4, -0.2) is 87.5 Å². The molecule has 0 aromatic rings. The Morgan fingerprint density at radius 1 is 0.493 bits per heavy atom. The molecule has 1 heterocycles. The lowest BCUT2D eigenvalue weighted by Gasteiger charge is -2.40. The van der Waals surface area contributed by atoms with E-state index in [-0.39, 0.29) is 12.5 Å². The van der Waals surface area contributed by atoms with Crippen LogP contribution in [0.15, 0.2) is 134 Å². The first kappa shape index (κ1) is 65.3. The van der Waals surface area contributed by atoms with Gasteiger partial charge in [-0.15, -0.1) is 0 Å². The summed E-state index contributed by atoms with van der Waals surface area (Å²) in [5, 5.41) is 54.2. The molecule has 7 atom stereocenters. The Bertz CT molecular complexity index is 1570. The first-order valence-corrected chi connectivity index (χ1v) is 27.9. The molecule has 71 heavy (non-hydrogen) atoms. The average Bonchev–Trinajstić information content (AvgIpc) is 3.37. The fraction of sp³-hybridized carbons (Fsp3) is 0.629. The first-order valence-electron chi connectivity index (χ1n) is 27.9. The number of hydrogen-bond acceptors (Lipinski definition) is 8. The van der Waals surface area contributed by atoms with Gasteiger partial charge in [0.1, 0.15) is 24.4 Å². The summed E-state index contributed by atoms with van der Waals surface area (Å²) < 4.78 is 11.2. The maximum absolute atomic E-state index is 13.0. The summed E-state index contributed by atoms with van der Waals surface area (Å²) in [5.74, 6) is -0.195. The molecule has 0 saturated carbocycles. The molecule has 1 aliphatic heterocycles. The van der Waals surface area contributed by atoms with Gasteiger partial charge in [-0.05, 0) is 96.3 Å². The van der Waals surface area contributed by atoms with Crippen molar-refractivity contribution in [3.05, 3.63) is 134 Å². The van der Waals surface area contributed by atoms with Crippen molar-refractivity contribution >= 4 is 5.91 Å². The van der Waals surface area contributed by atoms with Crippen LogP contribution in [0.25, 0.3) is 0 Å². The molecular formula is C62H101NO8. The van der Waals surface area contributed by atoms with Gasteiger partial charge in [0.05, 0.1) is 25.4 Å². The van der Waals surface area contributed by atoms with E-state index in [9.17, 15) is 30.3 Å². The van der Waals surface area contributed by atoms with Crippen LogP contribution in [0.2, 0.25) is 0 Å². The molecule has 1 fully saturated rings. The number of rotatable bonds is 45. The van der Waals surface area contributed by atoms with Crippen LogP contribution < -0.4 is 5.32 Å². The minimum atomic E-state index is -1.57. The third-order valence-corrected chi connectivity index (χ3v) is 12.2. The highest BCUT2D eigenvalue weighted by molar-refractivity contribution is 5.76. The summed E-state index contributed by atoms with van der Waals surface area (Å²) in [4.78, 5) is 13.0. The van der Waals surface area contributed by atoms with Crippen molar-refractivity contribution < 1.29 is 39.8 Å². The Kier molecular flexibility index (Phi) is 45.9. The molecule has 1 rings (SSSR count). The van der Waals surface area contributed by atoms with E-state index in [1.165, 1.54) is 57.8 Å². The van der Waals surface area contributed by atoms with Gasteiger partial charge in [-0.1, -0.05) is 225 Å². The topological polar surface area (TPSA) is 149 Å². The van der Waals surface area contributed by atoms with Crippen LogP contribution in [-0.2, 0) is 14.3 Å². The van der Waals surface area contributed by atoms with Gasteiger partial charge in [0, 0.05) is 6.42 Å². The molecule has 1 saturated heterocycles. The van der Waals surface area contributed by atoms with E-state index in [1.807, 2.05) is 6.08 Å². The summed E-state index contributed by atoms with van der Waals surface area (Å²) in [6.07, 6.45) is 69.6. The predicted molar refractivity (Wildman–Crippen MR) is 299 cm³/mol. The Labute approximate surface area is 432 Å². The average molecular weight is 988 g/mol. The van der Waals surface area contributed by atoms with Crippen LogP contribution in [0.4, 0.5) is 0 Å². The summed E-state index contributed by atoms with van der Waals surface area (Å²) in [7, 11) is 0. The molecular weight excluding hydrogens is 887 g/mol. The molecule has 1 amide bonds. The lowest BCUT2D eigenvalue weighted by molar-refractivity contribution is -0.302. The number of amides is 1. The molecule has 0 aromatic heterocycles. The van der Waals surface area contributed by atoms with E-state index in [4.69, 9.17) is 9.47 Å². The fourth-order valence-electron chi connectivity index (χ4n) is 7.83. The van der Waals surface area contributed by atoms with E-state index < -0.39 is 49.5 Å². The van der Waals surface area contributed by atoms with Crippen LogP contribution >= 0.6 is 0 Å². The number of hydrogen-bond donors (Lipinski definition) is 6. The molecule has 6 N–H and O–H groups in total. The molecule has 402 valence electrons. The van der Waals surface area contributed by atoms with Gasteiger partial charge >= 0.3 is 0 Å². The van der Waals surface area contributed by atoms with Crippen LogP contribution in [0.3, 0.4) is 0 Å². The molecule has 0 aromatic carbocycles. The number of aliphatic hydroxyl groups is 5. The largest absolute Gasteiger partial charge is 0.394 e. The maximum Gasteiger partial charge on any atom is 0.220 e. The molecule has 0 bridgehead atoms. The molecule has 0 spiro atoms. The summed E-state index contributed by atoms with van der Waals surface area (Å²) >= 11 is 0. The summed E-state index contributed by atoms with van der Waals surface area (Å²) in [6, 6.07) is -0.816. The standard InChI is InChI=1S/C62H101NO8/c1-3-5-7-9-11-13-14-15-16-17-18-19-20-21-22-23-24-25-26-27-28-29-30-31-32-33-34-35-36-37-38-39-40-41-42-44-46-48-50-52-58(66)63-55(56(65)51-49-47-45-43-12-10-8-6-4-2)54-70-62-61(69)60(68)59(67)57(53-64)71-62/h5,7,11,13,15-16,18-19,21-22,24-25,27-28,30-31,33-34,36-37,49,51,55-57,59-62,64-65,67-69H,3-4,6,8-10,12,14,17,20,23,26,29,32,35,38-48,50,52-54H2,1-2H3,(H,63,66)/b7-5-,13-11-,16-15-,19-18-,22-21-,25-24-,28-27-,31-30-,34-33-,37-36-,51-49+. The molecule has 0 radical (unpaired) electrons. The summed E-state index contributed by atoms with van der Waals surface area (Å²) in [5.41, 5.74) is 0. The van der Waals surface area contributed by atoms with Crippen molar-refractivity contribution in [2.75, 3.05) is 13.2 Å². The number of allylic oxidation sites excluding steroid dienone is 21. The fourth-order valence-corrected chi connectivity index (χ4v) is 7.83. The van der Waals surface area contributed by atoms with Gasteiger partial charge in [-0.2, -0.15) is 0 Å². The predicted octanol–water partition coefficient (Wildman–Crippen LogP) is 13.7. The smallest absolute Gasteiger partial charge is 0.220 e. The minimum Gasteiger partial charge on any atom is -0.394 e. The van der Waals surface area contributed by atoms with Crippen molar-refractivity contribution in [2.45, 2.75) is 236 Å². The quantitative estimate of drug-likeness (QED) is 0.0261. The number of ether oxygens (including phenoxy) is 2. The molecule has 1 aliphatic rings. The molecule has 0 aliphatic carbocycles. The monoisotopic (exact) mass is 988 g/mol.